The zero-order valence-electron chi connectivity index (χ0n) is 16.7. The summed E-state index contributed by atoms with van der Waals surface area (Å²) in [5, 5.41) is 4.82. The summed E-state index contributed by atoms with van der Waals surface area (Å²) < 4.78 is 20.0. The van der Waals surface area contributed by atoms with Crippen molar-refractivity contribution in [2.24, 2.45) is 0 Å². The number of aryl methyl sites for hydroxylation is 1. The number of nitrogens with one attached hydrogen (secondary N) is 1. The maximum atomic E-state index is 13.5. The first-order valence-corrected chi connectivity index (χ1v) is 13.0. The summed E-state index contributed by atoms with van der Waals surface area (Å²) in [5.74, 6) is 0. The van der Waals surface area contributed by atoms with E-state index < -0.39 is 15.2 Å². The molecular weight excluding hydrogens is 402 g/mol. The van der Waals surface area contributed by atoms with Crippen LogP contribution < -0.4 is 5.32 Å². The Kier molecular flexibility index (Phi) is 10.0. The molecule has 0 aliphatic carbocycles. The van der Waals surface area contributed by atoms with E-state index in [4.69, 9.17) is 27.6 Å². The van der Waals surface area contributed by atoms with Crippen molar-refractivity contribution in [3.8, 4) is 0 Å². The summed E-state index contributed by atoms with van der Waals surface area (Å²) >= 11 is 13.0. The molecule has 1 fully saturated rings. The molecule has 1 heterocycles. The van der Waals surface area contributed by atoms with Crippen LogP contribution in [0.15, 0.2) is 12.1 Å². The standard InChI is InChI=1S/C20H33Cl2FN2OSi/c1-4-27(5-2)26-19(20-17(21)11-15(3)12-18(20)22)13-24-8-10-25-9-6-7-16(23)14-25/h11-12,16,19,24,27H,4-10,13-14H2,1-3H3. The van der Waals surface area contributed by atoms with Gasteiger partial charge in [0.1, 0.15) is 6.17 Å². The third kappa shape index (κ3) is 7.30. The third-order valence-corrected chi connectivity index (χ3v) is 8.36. The molecule has 2 rings (SSSR count). The van der Waals surface area contributed by atoms with Crippen molar-refractivity contribution in [2.75, 3.05) is 32.7 Å². The molecule has 7 heteroatoms. The molecule has 1 N–H and O–H groups in total. The van der Waals surface area contributed by atoms with Gasteiger partial charge < -0.3 is 9.74 Å². The zero-order valence-corrected chi connectivity index (χ0v) is 19.4. The van der Waals surface area contributed by atoms with Gasteiger partial charge in [-0.3, -0.25) is 4.90 Å². The number of benzene rings is 1. The number of likely N-dealkylation sites (tertiary alicyclic amines) is 1. The van der Waals surface area contributed by atoms with Crippen LogP contribution in [0.4, 0.5) is 4.39 Å². The van der Waals surface area contributed by atoms with Crippen molar-refractivity contribution in [2.45, 2.75) is 58.0 Å². The Bertz CT molecular complexity index is 566. The molecular formula is C20H33Cl2FN2OSi. The van der Waals surface area contributed by atoms with Crippen molar-refractivity contribution in [1.29, 1.82) is 0 Å². The first-order valence-electron chi connectivity index (χ1n) is 10.1. The van der Waals surface area contributed by atoms with Crippen molar-refractivity contribution < 1.29 is 8.82 Å². The molecule has 1 aromatic carbocycles. The highest BCUT2D eigenvalue weighted by molar-refractivity contribution is 6.51. The SMILES string of the molecule is CC[SiH](CC)OC(CNCCN1CCCC(F)C1)c1c(Cl)cc(C)cc1Cl. The van der Waals surface area contributed by atoms with Crippen LogP contribution in [0.5, 0.6) is 0 Å². The molecule has 0 saturated carbocycles. The minimum absolute atomic E-state index is 0.141. The van der Waals surface area contributed by atoms with E-state index in [0.717, 1.165) is 49.3 Å². The third-order valence-electron chi connectivity index (χ3n) is 5.20. The van der Waals surface area contributed by atoms with Gasteiger partial charge in [0.15, 0.2) is 9.04 Å². The number of hydrogen-bond acceptors (Lipinski definition) is 3. The molecule has 0 bridgehead atoms. The molecule has 1 aromatic rings. The summed E-state index contributed by atoms with van der Waals surface area (Å²) in [5.41, 5.74) is 1.93. The van der Waals surface area contributed by atoms with Crippen LogP contribution in [0, 0.1) is 6.92 Å². The molecule has 0 aromatic heterocycles. The predicted molar refractivity (Wildman–Crippen MR) is 117 cm³/mol. The van der Waals surface area contributed by atoms with E-state index in [1.165, 1.54) is 0 Å². The fourth-order valence-corrected chi connectivity index (χ4v) is 6.12. The van der Waals surface area contributed by atoms with E-state index in [1.807, 2.05) is 19.1 Å². The smallest absolute Gasteiger partial charge is 0.177 e. The number of piperidine rings is 1. The lowest BCUT2D eigenvalue weighted by atomic mass is 10.1. The Morgan fingerprint density at radius 3 is 2.56 bits per heavy atom. The van der Waals surface area contributed by atoms with Gasteiger partial charge in [-0.25, -0.2) is 4.39 Å². The molecule has 3 nitrogen and oxygen atoms in total. The van der Waals surface area contributed by atoms with Gasteiger partial charge in [0.05, 0.1) is 6.10 Å². The van der Waals surface area contributed by atoms with Crippen molar-refractivity contribution in [3.63, 3.8) is 0 Å². The predicted octanol–water partition coefficient (Wildman–Crippen LogP) is 5.15. The Balaban J connectivity index is 1.98. The Morgan fingerprint density at radius 2 is 1.96 bits per heavy atom. The first-order chi connectivity index (χ1) is 12.9. The number of alkyl halides is 1. The topological polar surface area (TPSA) is 24.5 Å². The molecule has 2 atom stereocenters. The first kappa shape index (κ1) is 23.1. The number of halogens is 3. The van der Waals surface area contributed by atoms with E-state index in [1.54, 1.807) is 0 Å². The molecule has 27 heavy (non-hydrogen) atoms. The highest BCUT2D eigenvalue weighted by atomic mass is 35.5. The van der Waals surface area contributed by atoms with Gasteiger partial charge in [0, 0.05) is 41.8 Å². The molecule has 2 unspecified atom stereocenters. The monoisotopic (exact) mass is 434 g/mol. The van der Waals surface area contributed by atoms with Gasteiger partial charge in [-0.15, -0.1) is 0 Å². The quantitative estimate of drug-likeness (QED) is 0.407. The highest BCUT2D eigenvalue weighted by Gasteiger charge is 2.23. The van der Waals surface area contributed by atoms with Crippen LogP contribution in [0.1, 0.15) is 43.9 Å². The van der Waals surface area contributed by atoms with Crippen LogP contribution in [0.3, 0.4) is 0 Å². The Hall–Kier alpha value is -0.173. The van der Waals surface area contributed by atoms with E-state index in [-0.39, 0.29) is 6.10 Å². The van der Waals surface area contributed by atoms with Crippen LogP contribution >= 0.6 is 23.2 Å². The van der Waals surface area contributed by atoms with Gasteiger partial charge in [-0.2, -0.15) is 0 Å². The van der Waals surface area contributed by atoms with Crippen LogP contribution in [-0.2, 0) is 4.43 Å². The second kappa shape index (κ2) is 11.7. The van der Waals surface area contributed by atoms with E-state index >= 15 is 0 Å². The molecule has 0 amide bonds. The largest absolute Gasteiger partial charge is 0.412 e. The minimum atomic E-state index is -1.28. The summed E-state index contributed by atoms with van der Waals surface area (Å²) in [6.45, 7) is 10.2. The van der Waals surface area contributed by atoms with Gasteiger partial charge in [-0.1, -0.05) is 37.0 Å². The fourth-order valence-electron chi connectivity index (χ4n) is 3.62. The summed E-state index contributed by atoms with van der Waals surface area (Å²) in [6, 6.07) is 6.06. The van der Waals surface area contributed by atoms with E-state index in [9.17, 15) is 4.39 Å². The Morgan fingerprint density at radius 1 is 1.30 bits per heavy atom. The molecule has 1 saturated heterocycles. The lowest BCUT2D eigenvalue weighted by molar-refractivity contribution is 0.136. The number of nitrogens with zero attached hydrogens (tertiary/aromatic N) is 1. The van der Waals surface area contributed by atoms with Gasteiger partial charge in [-0.05, 0) is 56.1 Å². The Labute approximate surface area is 175 Å². The molecule has 1 aliphatic rings. The van der Waals surface area contributed by atoms with Crippen LogP contribution in [-0.4, -0.2) is 52.8 Å². The maximum Gasteiger partial charge on any atom is 0.177 e. The van der Waals surface area contributed by atoms with Crippen molar-refractivity contribution in [3.05, 3.63) is 33.3 Å². The highest BCUT2D eigenvalue weighted by Crippen LogP contribution is 2.34. The van der Waals surface area contributed by atoms with Gasteiger partial charge >= 0.3 is 0 Å². The maximum absolute atomic E-state index is 13.5. The summed E-state index contributed by atoms with van der Waals surface area (Å²) in [4.78, 5) is 2.19. The van der Waals surface area contributed by atoms with Crippen molar-refractivity contribution in [1.82, 2.24) is 10.2 Å². The van der Waals surface area contributed by atoms with Gasteiger partial charge in [0.25, 0.3) is 0 Å². The lowest BCUT2D eigenvalue weighted by Gasteiger charge is -2.29. The molecule has 0 radical (unpaired) electrons. The summed E-state index contributed by atoms with van der Waals surface area (Å²) in [6.07, 6.45) is 0.824. The second-order valence-electron chi connectivity index (χ2n) is 7.45. The second-order valence-corrected chi connectivity index (χ2v) is 11.4. The van der Waals surface area contributed by atoms with E-state index in [2.05, 4.69) is 24.1 Å². The van der Waals surface area contributed by atoms with Crippen LogP contribution in [0.25, 0.3) is 0 Å². The average molecular weight is 435 g/mol. The number of rotatable bonds is 10. The van der Waals surface area contributed by atoms with Crippen LogP contribution in [0.2, 0.25) is 22.1 Å². The van der Waals surface area contributed by atoms with E-state index in [0.29, 0.717) is 29.6 Å². The molecule has 1 aliphatic heterocycles. The fraction of sp³-hybridized carbons (Fsp3) is 0.700. The molecule has 154 valence electrons. The normalized spacial score (nSPS) is 19.6. The lowest BCUT2D eigenvalue weighted by Crippen LogP contribution is -2.41. The van der Waals surface area contributed by atoms with Crippen molar-refractivity contribution >= 4 is 32.2 Å². The number of hydrogen-bond donors (Lipinski definition) is 1. The average Bonchev–Trinajstić information content (AvgIpc) is 2.61. The minimum Gasteiger partial charge on any atom is -0.412 e. The zero-order chi connectivity index (χ0) is 19.8. The molecule has 0 spiro atoms. The summed E-state index contributed by atoms with van der Waals surface area (Å²) in [7, 11) is -1.28. The van der Waals surface area contributed by atoms with Gasteiger partial charge in [0.2, 0.25) is 0 Å².